The van der Waals surface area contributed by atoms with Gasteiger partial charge >= 0.3 is 0 Å². The molecule has 2 nitrogen and oxygen atoms in total. The van der Waals surface area contributed by atoms with Gasteiger partial charge in [-0.25, -0.2) is 0 Å². The highest BCUT2D eigenvalue weighted by Gasteiger charge is 2.62. The molecule has 0 amide bonds. The van der Waals surface area contributed by atoms with Crippen LogP contribution in [0.2, 0.25) is 0 Å². The van der Waals surface area contributed by atoms with E-state index in [-0.39, 0.29) is 12.0 Å². The number of Topliss-reactive ketones (excluding diaryl/α,β-unsaturated/α-hetero) is 1. The molecule has 2 saturated carbocycles. The average molecular weight is 126 g/mol. The number of hydrogen-bond acceptors (Lipinski definition) is 2. The molecular formula is C7H10O2. The minimum Gasteiger partial charge on any atom is -0.395 e. The summed E-state index contributed by atoms with van der Waals surface area (Å²) < 4.78 is 0. The summed E-state index contributed by atoms with van der Waals surface area (Å²) in [5, 5.41) is 8.82. The molecule has 0 saturated heterocycles. The van der Waals surface area contributed by atoms with Gasteiger partial charge in [-0.05, 0) is 18.8 Å². The zero-order chi connectivity index (χ0) is 6.48. The molecular weight excluding hydrogens is 116 g/mol. The Labute approximate surface area is 53.9 Å². The Hall–Kier alpha value is -0.370. The molecule has 0 aromatic heterocycles. The second kappa shape index (κ2) is 1.37. The maximum Gasteiger partial charge on any atom is 0.141 e. The third kappa shape index (κ3) is 0.472. The highest BCUT2D eigenvalue weighted by atomic mass is 16.3. The minimum absolute atomic E-state index is 0.0938. The fourth-order valence-electron chi connectivity index (χ4n) is 1.94. The molecule has 2 fully saturated rings. The van der Waals surface area contributed by atoms with Gasteiger partial charge in [0, 0.05) is 6.42 Å². The summed E-state index contributed by atoms with van der Waals surface area (Å²) in [4.78, 5) is 11.0. The number of ketones is 1. The molecule has 1 N–H and O–H groups in total. The summed E-state index contributed by atoms with van der Waals surface area (Å²) in [5.41, 5.74) is -0.222. The molecule has 2 rings (SSSR count). The van der Waals surface area contributed by atoms with Crippen molar-refractivity contribution in [1.82, 2.24) is 0 Å². The van der Waals surface area contributed by atoms with Crippen LogP contribution in [0, 0.1) is 11.3 Å². The van der Waals surface area contributed by atoms with Crippen LogP contribution in [0.3, 0.4) is 0 Å². The molecule has 2 atom stereocenters. The van der Waals surface area contributed by atoms with E-state index < -0.39 is 0 Å². The van der Waals surface area contributed by atoms with Crippen LogP contribution in [-0.2, 0) is 4.79 Å². The van der Waals surface area contributed by atoms with E-state index in [2.05, 4.69) is 0 Å². The van der Waals surface area contributed by atoms with E-state index >= 15 is 0 Å². The molecule has 0 radical (unpaired) electrons. The molecule has 9 heavy (non-hydrogen) atoms. The Balaban J connectivity index is 2.23. The van der Waals surface area contributed by atoms with E-state index in [1.54, 1.807) is 0 Å². The lowest BCUT2D eigenvalue weighted by Crippen LogP contribution is -2.16. The third-order valence-electron chi connectivity index (χ3n) is 2.79. The number of carbonyl (C=O) groups is 1. The zero-order valence-electron chi connectivity index (χ0n) is 5.26. The lowest BCUT2D eigenvalue weighted by Gasteiger charge is -2.02. The molecule has 2 aliphatic rings. The van der Waals surface area contributed by atoms with Crippen molar-refractivity contribution < 1.29 is 9.90 Å². The number of aliphatic hydroxyl groups excluding tert-OH is 1. The number of aliphatic hydroxyl groups is 1. The quantitative estimate of drug-likeness (QED) is 0.550. The first-order valence-electron chi connectivity index (χ1n) is 3.44. The highest BCUT2D eigenvalue weighted by molar-refractivity contribution is 5.90. The van der Waals surface area contributed by atoms with Crippen molar-refractivity contribution in [2.75, 3.05) is 6.61 Å². The van der Waals surface area contributed by atoms with Crippen LogP contribution in [0.4, 0.5) is 0 Å². The maximum absolute atomic E-state index is 11.0. The lowest BCUT2D eigenvalue weighted by molar-refractivity contribution is -0.123. The molecule has 0 aliphatic heterocycles. The molecule has 2 aliphatic carbocycles. The first-order valence-corrected chi connectivity index (χ1v) is 3.44. The first-order chi connectivity index (χ1) is 4.29. The molecule has 0 aromatic carbocycles. The van der Waals surface area contributed by atoms with Gasteiger partial charge in [0.1, 0.15) is 5.78 Å². The predicted octanol–water partition coefficient (Wildman–Crippen LogP) is 0.348. The van der Waals surface area contributed by atoms with Crippen LogP contribution in [0.25, 0.3) is 0 Å². The summed E-state index contributed by atoms with van der Waals surface area (Å²) in [6.07, 6.45) is 2.70. The number of hydrogen-bond donors (Lipinski definition) is 1. The Bertz CT molecular complexity index is 160. The van der Waals surface area contributed by atoms with E-state index in [1.807, 2.05) is 0 Å². The molecule has 0 spiro atoms. The number of fused-ring (bicyclic) bond motifs is 1. The van der Waals surface area contributed by atoms with Crippen molar-refractivity contribution in [3.63, 3.8) is 0 Å². The van der Waals surface area contributed by atoms with Gasteiger partial charge in [0.25, 0.3) is 0 Å². The van der Waals surface area contributed by atoms with Crippen molar-refractivity contribution in [2.45, 2.75) is 19.3 Å². The van der Waals surface area contributed by atoms with Crippen LogP contribution in [0.15, 0.2) is 0 Å². The minimum atomic E-state index is -0.222. The SMILES string of the molecule is O=C1CC[C@H]2C[C@@]12CO. The van der Waals surface area contributed by atoms with Gasteiger partial charge in [-0.15, -0.1) is 0 Å². The monoisotopic (exact) mass is 126 g/mol. The third-order valence-corrected chi connectivity index (χ3v) is 2.79. The Morgan fingerprint density at radius 2 is 2.56 bits per heavy atom. The highest BCUT2D eigenvalue weighted by Crippen LogP contribution is 2.60. The predicted molar refractivity (Wildman–Crippen MR) is 31.9 cm³/mol. The van der Waals surface area contributed by atoms with E-state index in [4.69, 9.17) is 5.11 Å². The van der Waals surface area contributed by atoms with E-state index in [1.165, 1.54) is 0 Å². The van der Waals surface area contributed by atoms with Gasteiger partial charge in [-0.3, -0.25) is 4.79 Å². The second-order valence-corrected chi connectivity index (χ2v) is 3.18. The molecule has 0 aromatic rings. The smallest absolute Gasteiger partial charge is 0.141 e. The fourth-order valence-corrected chi connectivity index (χ4v) is 1.94. The largest absolute Gasteiger partial charge is 0.395 e. The molecule has 0 bridgehead atoms. The van der Waals surface area contributed by atoms with Crippen molar-refractivity contribution >= 4 is 5.78 Å². The average Bonchev–Trinajstić information content (AvgIpc) is 2.52. The topological polar surface area (TPSA) is 37.3 Å². The van der Waals surface area contributed by atoms with Crippen molar-refractivity contribution in [2.24, 2.45) is 11.3 Å². The van der Waals surface area contributed by atoms with Gasteiger partial charge in [-0.1, -0.05) is 0 Å². The number of carbonyl (C=O) groups excluding carboxylic acids is 1. The van der Waals surface area contributed by atoms with E-state index in [0.29, 0.717) is 18.1 Å². The van der Waals surface area contributed by atoms with Crippen molar-refractivity contribution in [1.29, 1.82) is 0 Å². The fraction of sp³-hybridized carbons (Fsp3) is 0.857. The summed E-state index contributed by atoms with van der Waals surface area (Å²) in [6.45, 7) is 0.0938. The Kier molecular flexibility index (Phi) is 0.826. The van der Waals surface area contributed by atoms with Crippen LogP contribution in [0.1, 0.15) is 19.3 Å². The molecule has 0 heterocycles. The summed E-state index contributed by atoms with van der Waals surface area (Å²) in [6, 6.07) is 0. The standard InChI is InChI=1S/C7H10O2/c8-4-7-3-5(7)1-2-6(7)9/h5,8H,1-4H2/t5-,7-/m0/s1. The summed E-state index contributed by atoms with van der Waals surface area (Å²) in [5.74, 6) is 0.852. The normalized spacial score (nSPS) is 47.2. The second-order valence-electron chi connectivity index (χ2n) is 3.18. The van der Waals surface area contributed by atoms with Crippen LogP contribution in [0.5, 0.6) is 0 Å². The molecule has 2 heteroatoms. The van der Waals surface area contributed by atoms with Gasteiger partial charge in [0.15, 0.2) is 0 Å². The molecule has 50 valence electrons. The van der Waals surface area contributed by atoms with Crippen LogP contribution in [-0.4, -0.2) is 17.5 Å². The summed E-state index contributed by atoms with van der Waals surface area (Å²) >= 11 is 0. The Morgan fingerprint density at radius 1 is 1.78 bits per heavy atom. The van der Waals surface area contributed by atoms with Crippen molar-refractivity contribution in [3.05, 3.63) is 0 Å². The lowest BCUT2D eigenvalue weighted by atomic mass is 10.0. The first kappa shape index (κ1) is 5.42. The Morgan fingerprint density at radius 3 is 2.78 bits per heavy atom. The zero-order valence-corrected chi connectivity index (χ0v) is 5.26. The van der Waals surface area contributed by atoms with Gasteiger partial charge < -0.3 is 5.11 Å². The van der Waals surface area contributed by atoms with Crippen LogP contribution < -0.4 is 0 Å². The van der Waals surface area contributed by atoms with Crippen LogP contribution >= 0.6 is 0 Å². The maximum atomic E-state index is 11.0. The number of rotatable bonds is 1. The van der Waals surface area contributed by atoms with Gasteiger partial charge in [0.05, 0.1) is 12.0 Å². The van der Waals surface area contributed by atoms with E-state index in [0.717, 1.165) is 12.8 Å². The van der Waals surface area contributed by atoms with E-state index in [9.17, 15) is 4.79 Å². The van der Waals surface area contributed by atoms with Gasteiger partial charge in [0.2, 0.25) is 0 Å². The van der Waals surface area contributed by atoms with Crippen molar-refractivity contribution in [3.8, 4) is 0 Å². The molecule has 0 unspecified atom stereocenters. The van der Waals surface area contributed by atoms with Gasteiger partial charge in [-0.2, -0.15) is 0 Å². The summed E-state index contributed by atoms with van der Waals surface area (Å²) in [7, 11) is 0.